The van der Waals surface area contributed by atoms with E-state index < -0.39 is 12.1 Å². The van der Waals surface area contributed by atoms with Crippen LogP contribution in [0.4, 0.5) is 0 Å². The van der Waals surface area contributed by atoms with Crippen molar-refractivity contribution in [3.8, 4) is 0 Å². The predicted octanol–water partition coefficient (Wildman–Crippen LogP) is 13.9. The molecule has 4 heteroatoms. The summed E-state index contributed by atoms with van der Waals surface area (Å²) < 4.78 is 0. The van der Waals surface area contributed by atoms with Gasteiger partial charge >= 0.3 is 0 Å². The number of aliphatic hydroxyl groups excluding tert-OH is 2. The lowest BCUT2D eigenvalue weighted by atomic mass is 10.0. The summed E-state index contributed by atoms with van der Waals surface area (Å²) in [5, 5.41) is 23.2. The number of carbonyl (C=O) groups is 1. The Morgan fingerprint density at radius 3 is 1.14 bits per heavy atom. The molecule has 2 unspecified atom stereocenters. The second kappa shape index (κ2) is 41.5. The van der Waals surface area contributed by atoms with E-state index in [0.717, 1.165) is 25.7 Å². The summed E-state index contributed by atoms with van der Waals surface area (Å²) >= 11 is 0. The number of unbranched alkanes of at least 4 members (excludes halogenated alkanes) is 32. The maximum absolute atomic E-state index is 12.4. The van der Waals surface area contributed by atoms with Crippen molar-refractivity contribution in [3.63, 3.8) is 0 Å². The zero-order chi connectivity index (χ0) is 35.7. The van der Waals surface area contributed by atoms with Crippen LogP contribution in [0.2, 0.25) is 0 Å². The fourth-order valence-corrected chi connectivity index (χ4v) is 7.06. The van der Waals surface area contributed by atoms with Crippen molar-refractivity contribution in [2.24, 2.45) is 0 Å². The minimum Gasteiger partial charge on any atom is -0.394 e. The van der Waals surface area contributed by atoms with Crippen LogP contribution in [0.5, 0.6) is 0 Å². The summed E-state index contributed by atoms with van der Waals surface area (Å²) in [5.41, 5.74) is 0. The average Bonchev–Trinajstić information content (AvgIpc) is 3.10. The Morgan fingerprint density at radius 1 is 0.469 bits per heavy atom. The van der Waals surface area contributed by atoms with E-state index in [4.69, 9.17) is 0 Å². The van der Waals surface area contributed by atoms with Gasteiger partial charge in [-0.2, -0.15) is 0 Å². The van der Waals surface area contributed by atoms with Gasteiger partial charge in [-0.05, 0) is 38.5 Å². The zero-order valence-corrected chi connectivity index (χ0v) is 33.5. The third-order valence-corrected chi connectivity index (χ3v) is 10.5. The van der Waals surface area contributed by atoms with Crippen LogP contribution in [0.3, 0.4) is 0 Å². The highest BCUT2D eigenvalue weighted by atomic mass is 16.3. The summed E-state index contributed by atoms with van der Waals surface area (Å²) in [5.74, 6) is -0.0336. The van der Waals surface area contributed by atoms with Gasteiger partial charge in [-0.15, -0.1) is 0 Å². The van der Waals surface area contributed by atoms with Crippen LogP contribution in [-0.2, 0) is 4.79 Å². The second-order valence-electron chi connectivity index (χ2n) is 15.5. The standard InChI is InChI=1S/C45H89NO3/c1-3-5-7-9-11-13-15-17-19-20-21-22-23-24-25-27-28-30-32-34-36-38-40-44(48)43(42-47)46-45(49)41-39-37-35-33-31-29-26-18-16-14-12-10-8-6-4-2/h14,16,43-44,47-48H,3-13,15,17-42H2,1-2H3,(H,46,49)/b16-14-. The van der Waals surface area contributed by atoms with Crippen LogP contribution < -0.4 is 5.32 Å². The van der Waals surface area contributed by atoms with Crippen molar-refractivity contribution in [1.82, 2.24) is 5.32 Å². The minimum absolute atomic E-state index is 0.0336. The van der Waals surface area contributed by atoms with E-state index in [2.05, 4.69) is 31.3 Å². The van der Waals surface area contributed by atoms with Crippen molar-refractivity contribution < 1.29 is 15.0 Å². The number of aliphatic hydroxyl groups is 2. The molecule has 0 saturated carbocycles. The largest absolute Gasteiger partial charge is 0.394 e. The number of amides is 1. The van der Waals surface area contributed by atoms with Crippen LogP contribution in [0.25, 0.3) is 0 Å². The average molecular weight is 692 g/mol. The molecule has 0 aliphatic heterocycles. The van der Waals surface area contributed by atoms with E-state index in [0.29, 0.717) is 12.8 Å². The summed E-state index contributed by atoms with van der Waals surface area (Å²) in [6, 6.07) is -0.534. The zero-order valence-electron chi connectivity index (χ0n) is 33.5. The lowest BCUT2D eigenvalue weighted by molar-refractivity contribution is -0.123. The SMILES string of the molecule is CCCCCC/C=C\CCCCCCCCCC(=O)NC(CO)C(O)CCCCCCCCCCCCCCCCCCCCCCCC. The van der Waals surface area contributed by atoms with Gasteiger partial charge in [0.05, 0.1) is 18.8 Å². The first-order valence-corrected chi connectivity index (χ1v) is 22.4. The molecule has 3 N–H and O–H groups in total. The molecular formula is C45H89NO3. The number of hydrogen-bond donors (Lipinski definition) is 3. The summed E-state index contributed by atoms with van der Waals surface area (Å²) in [7, 11) is 0. The Balaban J connectivity index is 3.47. The molecule has 0 aromatic heterocycles. The Kier molecular flexibility index (Phi) is 40.8. The first kappa shape index (κ1) is 48.1. The summed E-state index contributed by atoms with van der Waals surface area (Å²) in [6.07, 6.45) is 51.5. The number of carbonyl (C=O) groups excluding carboxylic acids is 1. The van der Waals surface area contributed by atoms with E-state index in [1.165, 1.54) is 199 Å². The van der Waals surface area contributed by atoms with Gasteiger partial charge in [0.25, 0.3) is 0 Å². The third kappa shape index (κ3) is 38.2. The normalized spacial score (nSPS) is 13.0. The first-order chi connectivity index (χ1) is 24.2. The summed E-state index contributed by atoms with van der Waals surface area (Å²) in [4.78, 5) is 12.4. The molecule has 0 bridgehead atoms. The molecule has 0 saturated heterocycles. The van der Waals surface area contributed by atoms with E-state index in [-0.39, 0.29) is 12.5 Å². The maximum atomic E-state index is 12.4. The number of rotatable bonds is 41. The predicted molar refractivity (Wildman–Crippen MR) is 216 cm³/mol. The van der Waals surface area contributed by atoms with Gasteiger partial charge in [-0.25, -0.2) is 0 Å². The quantitative estimate of drug-likeness (QED) is 0.0441. The molecule has 0 spiro atoms. The number of hydrogen-bond acceptors (Lipinski definition) is 3. The van der Waals surface area contributed by atoms with Gasteiger partial charge in [0.15, 0.2) is 0 Å². The molecule has 292 valence electrons. The van der Waals surface area contributed by atoms with Crippen LogP contribution >= 0.6 is 0 Å². The van der Waals surface area contributed by atoms with E-state index in [1.54, 1.807) is 0 Å². The monoisotopic (exact) mass is 692 g/mol. The van der Waals surface area contributed by atoms with E-state index in [1.807, 2.05) is 0 Å². The molecule has 4 nitrogen and oxygen atoms in total. The fraction of sp³-hybridized carbons (Fsp3) is 0.933. The smallest absolute Gasteiger partial charge is 0.220 e. The molecule has 0 fully saturated rings. The Bertz CT molecular complexity index is 666. The highest BCUT2D eigenvalue weighted by Crippen LogP contribution is 2.16. The van der Waals surface area contributed by atoms with Crippen LogP contribution in [-0.4, -0.2) is 34.9 Å². The lowest BCUT2D eigenvalue weighted by Crippen LogP contribution is -2.45. The van der Waals surface area contributed by atoms with Crippen molar-refractivity contribution in [1.29, 1.82) is 0 Å². The fourth-order valence-electron chi connectivity index (χ4n) is 7.06. The molecule has 2 atom stereocenters. The van der Waals surface area contributed by atoms with Gasteiger partial charge in [-0.1, -0.05) is 219 Å². The van der Waals surface area contributed by atoms with Crippen LogP contribution in [0.1, 0.15) is 251 Å². The first-order valence-electron chi connectivity index (χ1n) is 22.4. The molecule has 0 heterocycles. The Labute approximate surface area is 307 Å². The molecule has 0 aliphatic rings. The lowest BCUT2D eigenvalue weighted by Gasteiger charge is -2.22. The van der Waals surface area contributed by atoms with E-state index in [9.17, 15) is 15.0 Å². The van der Waals surface area contributed by atoms with Crippen molar-refractivity contribution in [3.05, 3.63) is 12.2 Å². The van der Waals surface area contributed by atoms with Crippen LogP contribution in [0.15, 0.2) is 12.2 Å². The van der Waals surface area contributed by atoms with Crippen molar-refractivity contribution >= 4 is 5.91 Å². The molecule has 0 radical (unpaired) electrons. The van der Waals surface area contributed by atoms with Crippen LogP contribution in [0, 0.1) is 0 Å². The Morgan fingerprint density at radius 2 is 0.776 bits per heavy atom. The highest BCUT2D eigenvalue weighted by Gasteiger charge is 2.20. The highest BCUT2D eigenvalue weighted by molar-refractivity contribution is 5.76. The van der Waals surface area contributed by atoms with E-state index >= 15 is 0 Å². The van der Waals surface area contributed by atoms with Gasteiger partial charge < -0.3 is 15.5 Å². The van der Waals surface area contributed by atoms with Crippen molar-refractivity contribution in [2.45, 2.75) is 264 Å². The van der Waals surface area contributed by atoms with Gasteiger partial charge in [-0.3, -0.25) is 4.79 Å². The van der Waals surface area contributed by atoms with Gasteiger partial charge in [0.1, 0.15) is 0 Å². The number of nitrogens with one attached hydrogen (secondary N) is 1. The third-order valence-electron chi connectivity index (χ3n) is 10.5. The molecular weight excluding hydrogens is 602 g/mol. The molecule has 0 aromatic rings. The topological polar surface area (TPSA) is 69.6 Å². The molecule has 0 aliphatic carbocycles. The second-order valence-corrected chi connectivity index (χ2v) is 15.5. The summed E-state index contributed by atoms with van der Waals surface area (Å²) in [6.45, 7) is 4.36. The number of allylic oxidation sites excluding steroid dienone is 2. The maximum Gasteiger partial charge on any atom is 0.220 e. The van der Waals surface area contributed by atoms with Gasteiger partial charge in [0.2, 0.25) is 5.91 Å². The van der Waals surface area contributed by atoms with Crippen molar-refractivity contribution in [2.75, 3.05) is 6.61 Å². The Hall–Kier alpha value is -0.870. The molecule has 0 aromatic carbocycles. The molecule has 0 rings (SSSR count). The molecule has 49 heavy (non-hydrogen) atoms. The molecule has 1 amide bonds. The van der Waals surface area contributed by atoms with Gasteiger partial charge in [0, 0.05) is 6.42 Å². The minimum atomic E-state index is -0.657.